The number of hydrogen-bond acceptors (Lipinski definition) is 4. The van der Waals surface area contributed by atoms with Gasteiger partial charge in [-0.2, -0.15) is 0 Å². The zero-order chi connectivity index (χ0) is 12.6. The Bertz CT molecular complexity index is 529. The first-order chi connectivity index (χ1) is 7.87. The Morgan fingerprint density at radius 2 is 2.00 bits per heavy atom. The highest BCUT2D eigenvalue weighted by Gasteiger charge is 2.38. The lowest BCUT2D eigenvalue weighted by Gasteiger charge is -2.16. The van der Waals surface area contributed by atoms with Gasteiger partial charge >= 0.3 is 0 Å². The largest absolute Gasteiger partial charge is 0.485 e. The number of halogens is 2. The van der Waals surface area contributed by atoms with Crippen LogP contribution < -0.4 is 4.74 Å². The summed E-state index contributed by atoms with van der Waals surface area (Å²) in [6, 6.07) is 4.62. The maximum Gasteiger partial charge on any atom is 0.156 e. The maximum absolute atomic E-state index is 11.3. The molecule has 0 bridgehead atoms. The van der Waals surface area contributed by atoms with Crippen molar-refractivity contribution in [3.63, 3.8) is 0 Å². The van der Waals surface area contributed by atoms with Gasteiger partial charge in [-0.3, -0.25) is 0 Å². The van der Waals surface area contributed by atoms with Crippen LogP contribution in [0.25, 0.3) is 0 Å². The van der Waals surface area contributed by atoms with E-state index in [0.29, 0.717) is 10.8 Å². The minimum Gasteiger partial charge on any atom is -0.485 e. The molecule has 0 saturated carbocycles. The standard InChI is InChI=1S/C10H10Cl2O4S/c11-6-1-2-9(7(12)3-6)16-10-5-17(14,15)4-8(10)13/h1-3,8,10,13H,4-5H2. The van der Waals surface area contributed by atoms with E-state index in [1.807, 2.05) is 0 Å². The molecule has 17 heavy (non-hydrogen) atoms. The van der Waals surface area contributed by atoms with Crippen molar-refractivity contribution in [2.24, 2.45) is 0 Å². The van der Waals surface area contributed by atoms with Crippen molar-refractivity contribution in [3.05, 3.63) is 28.2 Å². The summed E-state index contributed by atoms with van der Waals surface area (Å²) in [7, 11) is -3.23. The zero-order valence-corrected chi connectivity index (χ0v) is 11.0. The fraction of sp³-hybridized carbons (Fsp3) is 0.400. The number of aliphatic hydroxyl groups is 1. The van der Waals surface area contributed by atoms with Crippen LogP contribution >= 0.6 is 23.2 Å². The molecule has 0 spiro atoms. The van der Waals surface area contributed by atoms with Gasteiger partial charge in [0, 0.05) is 5.02 Å². The predicted molar refractivity (Wildman–Crippen MR) is 65.5 cm³/mol. The van der Waals surface area contributed by atoms with Crippen molar-refractivity contribution >= 4 is 33.0 Å². The van der Waals surface area contributed by atoms with Crippen LogP contribution in [0.3, 0.4) is 0 Å². The van der Waals surface area contributed by atoms with E-state index in [9.17, 15) is 13.5 Å². The van der Waals surface area contributed by atoms with Crippen LogP contribution in [0.4, 0.5) is 0 Å². The van der Waals surface area contributed by atoms with Gasteiger partial charge in [0.1, 0.15) is 18.0 Å². The quantitative estimate of drug-likeness (QED) is 0.899. The molecule has 0 aliphatic carbocycles. The molecule has 1 N–H and O–H groups in total. The van der Waals surface area contributed by atoms with Gasteiger partial charge in [0.25, 0.3) is 0 Å². The SMILES string of the molecule is O=S1(=O)CC(O)C(Oc2ccc(Cl)cc2Cl)C1. The second-order valence-corrected chi connectivity index (χ2v) is 6.87. The summed E-state index contributed by atoms with van der Waals surface area (Å²) in [5, 5.41) is 10.3. The summed E-state index contributed by atoms with van der Waals surface area (Å²) in [6.07, 6.45) is -1.80. The molecular formula is C10H10Cl2O4S. The first kappa shape index (κ1) is 13.0. The number of aliphatic hydroxyl groups excluding tert-OH is 1. The van der Waals surface area contributed by atoms with E-state index < -0.39 is 22.0 Å². The van der Waals surface area contributed by atoms with Crippen LogP contribution in [-0.4, -0.2) is 37.2 Å². The Hall–Kier alpha value is -0.490. The van der Waals surface area contributed by atoms with Crippen LogP contribution in [0.15, 0.2) is 18.2 Å². The predicted octanol–water partition coefficient (Wildman–Crippen LogP) is 1.53. The minimum atomic E-state index is -3.23. The average molecular weight is 297 g/mol. The Morgan fingerprint density at radius 1 is 1.29 bits per heavy atom. The van der Waals surface area contributed by atoms with Crippen LogP contribution in [0.1, 0.15) is 0 Å². The van der Waals surface area contributed by atoms with Gasteiger partial charge in [-0.1, -0.05) is 23.2 Å². The molecule has 1 aromatic carbocycles. The van der Waals surface area contributed by atoms with Crippen LogP contribution in [-0.2, 0) is 9.84 Å². The topological polar surface area (TPSA) is 63.6 Å². The minimum absolute atomic E-state index is 0.201. The molecule has 7 heteroatoms. The van der Waals surface area contributed by atoms with Crippen molar-refractivity contribution in [3.8, 4) is 5.75 Å². The third-order valence-corrected chi connectivity index (χ3v) is 4.66. The van der Waals surface area contributed by atoms with E-state index in [1.54, 1.807) is 12.1 Å². The molecule has 4 nitrogen and oxygen atoms in total. The smallest absolute Gasteiger partial charge is 0.156 e. The summed E-state index contributed by atoms with van der Waals surface area (Å²) < 4.78 is 28.0. The summed E-state index contributed by atoms with van der Waals surface area (Å²) in [6.45, 7) is 0. The second kappa shape index (κ2) is 4.65. The molecule has 2 rings (SSSR count). The first-order valence-electron chi connectivity index (χ1n) is 4.87. The molecule has 1 aliphatic heterocycles. The number of sulfone groups is 1. The lowest BCUT2D eigenvalue weighted by atomic mass is 10.2. The molecule has 0 radical (unpaired) electrons. The average Bonchev–Trinajstić information content (AvgIpc) is 2.44. The third kappa shape index (κ3) is 3.04. The lowest BCUT2D eigenvalue weighted by molar-refractivity contribution is 0.0739. The van der Waals surface area contributed by atoms with Crippen molar-refractivity contribution in [1.29, 1.82) is 0 Å². The van der Waals surface area contributed by atoms with E-state index >= 15 is 0 Å². The lowest BCUT2D eigenvalue weighted by Crippen LogP contribution is -2.29. The van der Waals surface area contributed by atoms with Gasteiger partial charge in [0.15, 0.2) is 9.84 Å². The maximum atomic E-state index is 11.3. The van der Waals surface area contributed by atoms with Gasteiger partial charge in [0.2, 0.25) is 0 Å². The summed E-state index contributed by atoms with van der Waals surface area (Å²) in [5.41, 5.74) is 0. The van der Waals surface area contributed by atoms with Gasteiger partial charge in [0.05, 0.1) is 16.5 Å². The Morgan fingerprint density at radius 3 is 2.53 bits per heavy atom. The highest BCUT2D eigenvalue weighted by molar-refractivity contribution is 7.91. The second-order valence-electron chi connectivity index (χ2n) is 3.88. The summed E-state index contributed by atoms with van der Waals surface area (Å²) in [4.78, 5) is 0. The highest BCUT2D eigenvalue weighted by Crippen LogP contribution is 2.30. The van der Waals surface area contributed by atoms with Crippen molar-refractivity contribution < 1.29 is 18.3 Å². The fourth-order valence-corrected chi connectivity index (χ4v) is 3.76. The molecule has 0 aromatic heterocycles. The molecule has 0 amide bonds. The molecule has 2 atom stereocenters. The molecule has 2 unspecified atom stereocenters. The third-order valence-electron chi connectivity index (χ3n) is 2.44. The number of benzene rings is 1. The monoisotopic (exact) mass is 296 g/mol. The van der Waals surface area contributed by atoms with Crippen molar-refractivity contribution in [1.82, 2.24) is 0 Å². The molecule has 1 fully saturated rings. The highest BCUT2D eigenvalue weighted by atomic mass is 35.5. The normalized spacial score (nSPS) is 27.0. The Balaban J connectivity index is 2.17. The van der Waals surface area contributed by atoms with Crippen molar-refractivity contribution in [2.45, 2.75) is 12.2 Å². The molecule has 1 heterocycles. The number of ether oxygens (including phenoxy) is 1. The van der Waals surface area contributed by atoms with Gasteiger partial charge in [-0.05, 0) is 18.2 Å². The molecule has 94 valence electrons. The van der Waals surface area contributed by atoms with Crippen molar-refractivity contribution in [2.75, 3.05) is 11.5 Å². The molecular weight excluding hydrogens is 287 g/mol. The molecule has 1 aliphatic rings. The van der Waals surface area contributed by atoms with Crippen LogP contribution in [0, 0.1) is 0 Å². The van der Waals surface area contributed by atoms with Gasteiger partial charge in [-0.25, -0.2) is 8.42 Å². The first-order valence-corrected chi connectivity index (χ1v) is 7.45. The van der Waals surface area contributed by atoms with E-state index in [-0.39, 0.29) is 16.5 Å². The van der Waals surface area contributed by atoms with Gasteiger partial charge in [-0.15, -0.1) is 0 Å². The summed E-state index contributed by atoms with van der Waals surface area (Å²) >= 11 is 11.6. The zero-order valence-electron chi connectivity index (χ0n) is 8.64. The van der Waals surface area contributed by atoms with Crippen LogP contribution in [0.2, 0.25) is 10.0 Å². The number of rotatable bonds is 2. The van der Waals surface area contributed by atoms with Crippen LogP contribution in [0.5, 0.6) is 5.75 Å². The van der Waals surface area contributed by atoms with E-state index in [0.717, 1.165) is 0 Å². The molecule has 1 aromatic rings. The van der Waals surface area contributed by atoms with E-state index in [1.165, 1.54) is 6.07 Å². The number of hydrogen-bond donors (Lipinski definition) is 1. The van der Waals surface area contributed by atoms with E-state index in [2.05, 4.69) is 0 Å². The molecule has 1 saturated heterocycles. The van der Waals surface area contributed by atoms with Gasteiger partial charge < -0.3 is 9.84 Å². The summed E-state index contributed by atoms with van der Waals surface area (Å²) in [5.74, 6) is -0.159. The van der Waals surface area contributed by atoms with E-state index in [4.69, 9.17) is 27.9 Å². The Kier molecular flexibility index (Phi) is 3.54. The Labute approximate surface area is 109 Å². The fourth-order valence-electron chi connectivity index (χ4n) is 1.64.